The lowest BCUT2D eigenvalue weighted by atomic mass is 10.1. The fourth-order valence-corrected chi connectivity index (χ4v) is 2.74. The Morgan fingerprint density at radius 2 is 1.95 bits per heavy atom. The van der Waals surface area contributed by atoms with Crippen LogP contribution in [0.25, 0.3) is 0 Å². The second kappa shape index (κ2) is 10.0. The summed E-state index contributed by atoms with van der Waals surface area (Å²) in [7, 11) is 0. The average Bonchev–Trinajstić information content (AvgIpc) is 2.71. The van der Waals surface area contributed by atoms with Gasteiger partial charge in [-0.15, -0.1) is 12.4 Å². The van der Waals surface area contributed by atoms with Gasteiger partial charge in [-0.1, -0.05) is 37.8 Å². The van der Waals surface area contributed by atoms with Crippen LogP contribution in [-0.4, -0.2) is 30.4 Å². The molecule has 0 saturated heterocycles. The SMILES string of the molecule is Cc1cccc(OCC(O)CNC2CCCCCC2)c1.Cl. The topological polar surface area (TPSA) is 41.5 Å². The van der Waals surface area contributed by atoms with Gasteiger partial charge in [0.2, 0.25) is 0 Å². The molecule has 1 aromatic rings. The average molecular weight is 314 g/mol. The second-order valence-electron chi connectivity index (χ2n) is 5.88. The van der Waals surface area contributed by atoms with Crippen molar-refractivity contribution in [2.75, 3.05) is 13.2 Å². The van der Waals surface area contributed by atoms with Crippen LogP contribution in [0, 0.1) is 6.92 Å². The fraction of sp³-hybridized carbons (Fsp3) is 0.647. The lowest BCUT2D eigenvalue weighted by molar-refractivity contribution is 0.103. The van der Waals surface area contributed by atoms with E-state index in [4.69, 9.17) is 4.74 Å². The molecule has 0 aliphatic heterocycles. The Bertz CT molecular complexity index is 392. The number of ether oxygens (including phenoxy) is 1. The molecule has 1 atom stereocenters. The summed E-state index contributed by atoms with van der Waals surface area (Å²) in [6, 6.07) is 8.51. The van der Waals surface area contributed by atoms with Crippen molar-refractivity contribution in [3.63, 3.8) is 0 Å². The third-order valence-corrected chi connectivity index (χ3v) is 3.93. The first kappa shape index (κ1) is 18.3. The van der Waals surface area contributed by atoms with Crippen LogP contribution in [0.2, 0.25) is 0 Å². The molecule has 1 unspecified atom stereocenters. The summed E-state index contributed by atoms with van der Waals surface area (Å²) in [5.74, 6) is 0.832. The van der Waals surface area contributed by atoms with Crippen LogP contribution in [0.3, 0.4) is 0 Å². The lowest BCUT2D eigenvalue weighted by Gasteiger charge is -2.19. The van der Waals surface area contributed by atoms with Crippen molar-refractivity contribution in [3.05, 3.63) is 29.8 Å². The highest BCUT2D eigenvalue weighted by Crippen LogP contribution is 2.17. The Morgan fingerprint density at radius 1 is 1.24 bits per heavy atom. The number of aliphatic hydroxyl groups excluding tert-OH is 1. The normalized spacial score (nSPS) is 17.6. The zero-order valence-electron chi connectivity index (χ0n) is 12.9. The van der Waals surface area contributed by atoms with Crippen LogP contribution < -0.4 is 10.1 Å². The standard InChI is InChI=1S/C17H27NO2.ClH/c1-14-7-6-10-17(11-14)20-13-16(19)12-18-15-8-4-2-3-5-9-15;/h6-7,10-11,15-16,18-19H,2-5,8-9,12-13H2,1H3;1H. The maximum absolute atomic E-state index is 9.99. The smallest absolute Gasteiger partial charge is 0.119 e. The van der Waals surface area contributed by atoms with Crippen molar-refractivity contribution in [1.82, 2.24) is 5.32 Å². The molecule has 2 N–H and O–H groups in total. The number of halogens is 1. The predicted molar refractivity (Wildman–Crippen MR) is 89.4 cm³/mol. The number of nitrogens with one attached hydrogen (secondary N) is 1. The van der Waals surface area contributed by atoms with E-state index in [1.54, 1.807) is 0 Å². The van der Waals surface area contributed by atoms with Gasteiger partial charge in [-0.3, -0.25) is 0 Å². The fourth-order valence-electron chi connectivity index (χ4n) is 2.74. The Morgan fingerprint density at radius 3 is 2.62 bits per heavy atom. The van der Waals surface area contributed by atoms with Crippen LogP contribution in [0.4, 0.5) is 0 Å². The molecular weight excluding hydrogens is 286 g/mol. The quantitative estimate of drug-likeness (QED) is 0.790. The largest absolute Gasteiger partial charge is 0.491 e. The van der Waals surface area contributed by atoms with Gasteiger partial charge in [0.05, 0.1) is 0 Å². The van der Waals surface area contributed by atoms with Gasteiger partial charge in [0.1, 0.15) is 18.5 Å². The van der Waals surface area contributed by atoms with Gasteiger partial charge >= 0.3 is 0 Å². The number of hydrogen-bond donors (Lipinski definition) is 2. The first-order valence-corrected chi connectivity index (χ1v) is 7.85. The summed E-state index contributed by atoms with van der Waals surface area (Å²) in [6.45, 7) is 3.01. The van der Waals surface area contributed by atoms with E-state index in [2.05, 4.69) is 5.32 Å². The Balaban J connectivity index is 0.00000220. The molecule has 21 heavy (non-hydrogen) atoms. The highest BCUT2D eigenvalue weighted by atomic mass is 35.5. The second-order valence-corrected chi connectivity index (χ2v) is 5.88. The van der Waals surface area contributed by atoms with Gasteiger partial charge in [-0.05, 0) is 37.5 Å². The number of aryl methyl sites for hydroxylation is 1. The van der Waals surface area contributed by atoms with E-state index in [1.807, 2.05) is 31.2 Å². The minimum atomic E-state index is -0.446. The van der Waals surface area contributed by atoms with Gasteiger partial charge in [0, 0.05) is 12.6 Å². The predicted octanol–water partition coefficient (Wildman–Crippen LogP) is 3.47. The van der Waals surface area contributed by atoms with E-state index in [0.29, 0.717) is 19.2 Å². The Hall–Kier alpha value is -0.770. The summed E-state index contributed by atoms with van der Waals surface area (Å²) < 4.78 is 5.62. The molecule has 0 amide bonds. The Labute approximate surface area is 134 Å². The van der Waals surface area contributed by atoms with E-state index < -0.39 is 6.10 Å². The monoisotopic (exact) mass is 313 g/mol. The van der Waals surface area contributed by atoms with Crippen LogP contribution in [0.15, 0.2) is 24.3 Å². The molecule has 0 spiro atoms. The van der Waals surface area contributed by atoms with Crippen LogP contribution in [0.5, 0.6) is 5.75 Å². The molecule has 1 aliphatic carbocycles. The van der Waals surface area contributed by atoms with E-state index in [0.717, 1.165) is 5.75 Å². The van der Waals surface area contributed by atoms with E-state index in [-0.39, 0.29) is 12.4 Å². The molecule has 3 nitrogen and oxygen atoms in total. The third-order valence-electron chi connectivity index (χ3n) is 3.93. The number of benzene rings is 1. The van der Waals surface area contributed by atoms with Crippen molar-refractivity contribution in [3.8, 4) is 5.75 Å². The number of hydrogen-bond acceptors (Lipinski definition) is 3. The summed E-state index contributed by atoms with van der Waals surface area (Å²) in [4.78, 5) is 0. The molecule has 1 saturated carbocycles. The summed E-state index contributed by atoms with van der Waals surface area (Å²) in [5.41, 5.74) is 1.17. The van der Waals surface area contributed by atoms with Crippen molar-refractivity contribution < 1.29 is 9.84 Å². The van der Waals surface area contributed by atoms with Crippen molar-refractivity contribution >= 4 is 12.4 Å². The highest BCUT2D eigenvalue weighted by Gasteiger charge is 2.13. The van der Waals surface area contributed by atoms with Gasteiger partial charge < -0.3 is 15.2 Å². The maximum atomic E-state index is 9.99. The van der Waals surface area contributed by atoms with E-state index >= 15 is 0 Å². The van der Waals surface area contributed by atoms with Gasteiger partial charge in [-0.2, -0.15) is 0 Å². The zero-order chi connectivity index (χ0) is 14.2. The molecule has 0 heterocycles. The molecule has 2 rings (SSSR count). The zero-order valence-corrected chi connectivity index (χ0v) is 13.7. The molecule has 1 aromatic carbocycles. The van der Waals surface area contributed by atoms with Crippen LogP contribution in [-0.2, 0) is 0 Å². The first-order valence-electron chi connectivity index (χ1n) is 7.85. The molecule has 0 aromatic heterocycles. The minimum absolute atomic E-state index is 0. The molecular formula is C17H28ClNO2. The summed E-state index contributed by atoms with van der Waals surface area (Å²) in [6.07, 6.45) is 7.38. The number of aliphatic hydroxyl groups is 1. The van der Waals surface area contributed by atoms with Crippen LogP contribution in [0.1, 0.15) is 44.1 Å². The molecule has 4 heteroatoms. The Kier molecular flexibility index (Phi) is 8.74. The van der Waals surface area contributed by atoms with Crippen LogP contribution >= 0.6 is 12.4 Å². The van der Waals surface area contributed by atoms with Gasteiger partial charge in [0.25, 0.3) is 0 Å². The molecule has 0 radical (unpaired) electrons. The summed E-state index contributed by atoms with van der Waals surface area (Å²) in [5, 5.41) is 13.5. The molecule has 1 fully saturated rings. The molecule has 0 bridgehead atoms. The van der Waals surface area contributed by atoms with Crippen molar-refractivity contribution in [1.29, 1.82) is 0 Å². The minimum Gasteiger partial charge on any atom is -0.491 e. The molecule has 1 aliphatic rings. The van der Waals surface area contributed by atoms with Crippen molar-refractivity contribution in [2.45, 2.75) is 57.6 Å². The third kappa shape index (κ3) is 7.16. The number of rotatable bonds is 6. The first-order chi connectivity index (χ1) is 9.74. The molecule has 120 valence electrons. The summed E-state index contributed by atoms with van der Waals surface area (Å²) >= 11 is 0. The van der Waals surface area contributed by atoms with E-state index in [9.17, 15) is 5.11 Å². The van der Waals surface area contributed by atoms with Gasteiger partial charge in [-0.25, -0.2) is 0 Å². The van der Waals surface area contributed by atoms with E-state index in [1.165, 1.54) is 44.1 Å². The van der Waals surface area contributed by atoms with Gasteiger partial charge in [0.15, 0.2) is 0 Å². The maximum Gasteiger partial charge on any atom is 0.119 e. The van der Waals surface area contributed by atoms with Crippen molar-refractivity contribution in [2.24, 2.45) is 0 Å². The highest BCUT2D eigenvalue weighted by molar-refractivity contribution is 5.85. The lowest BCUT2D eigenvalue weighted by Crippen LogP contribution is -2.37.